The van der Waals surface area contributed by atoms with E-state index in [0.717, 1.165) is 12.3 Å². The number of hydrogen-bond acceptors (Lipinski definition) is 5. The number of carbonyl (C=O) groups is 2. The average Bonchev–Trinajstić information content (AvgIpc) is 3.29. The third-order valence-electron chi connectivity index (χ3n) is 5.68. The van der Waals surface area contributed by atoms with E-state index in [0.29, 0.717) is 37.5 Å². The van der Waals surface area contributed by atoms with E-state index in [1.807, 2.05) is 6.92 Å². The molecule has 172 valence electrons. The van der Waals surface area contributed by atoms with E-state index >= 15 is 0 Å². The maximum Gasteiger partial charge on any atom is 0.433 e. The van der Waals surface area contributed by atoms with Gasteiger partial charge in [-0.1, -0.05) is 0 Å². The van der Waals surface area contributed by atoms with Crippen molar-refractivity contribution in [3.8, 4) is 0 Å². The summed E-state index contributed by atoms with van der Waals surface area (Å²) in [7, 11) is 1.59. The van der Waals surface area contributed by atoms with Crippen LogP contribution in [0, 0.1) is 5.92 Å². The van der Waals surface area contributed by atoms with Crippen LogP contribution in [0.3, 0.4) is 0 Å². The number of pyridine rings is 1. The van der Waals surface area contributed by atoms with Crippen molar-refractivity contribution >= 4 is 23.3 Å². The molecule has 2 aromatic heterocycles. The molecular formula is C20H23F3N6O3. The van der Waals surface area contributed by atoms with Crippen LogP contribution in [0.5, 0.6) is 0 Å². The van der Waals surface area contributed by atoms with Crippen molar-refractivity contribution in [1.29, 1.82) is 0 Å². The number of ether oxygens (including phenoxy) is 1. The Hall–Kier alpha value is -3.15. The van der Waals surface area contributed by atoms with E-state index in [-0.39, 0.29) is 30.1 Å². The van der Waals surface area contributed by atoms with Gasteiger partial charge in [-0.2, -0.15) is 18.3 Å². The molecule has 1 saturated heterocycles. The third-order valence-corrected chi connectivity index (χ3v) is 5.68. The Kier molecular flexibility index (Phi) is 5.80. The van der Waals surface area contributed by atoms with Crippen molar-refractivity contribution in [3.05, 3.63) is 35.9 Å². The van der Waals surface area contributed by atoms with E-state index in [1.54, 1.807) is 22.9 Å². The number of nitrogens with zero attached hydrogens (tertiary/aromatic N) is 5. The molecule has 0 radical (unpaired) electrons. The fourth-order valence-corrected chi connectivity index (χ4v) is 4.10. The molecule has 1 N–H and O–H groups in total. The SMILES string of the molecule is COCC1CC(=O)N(c2cnn3c2CN(C(=O)Nc2ccnc(C(F)(F)F)c2)C(C)C3)C1. The zero-order valence-electron chi connectivity index (χ0n) is 17.6. The second kappa shape index (κ2) is 8.41. The van der Waals surface area contributed by atoms with Gasteiger partial charge < -0.3 is 19.9 Å². The van der Waals surface area contributed by atoms with Gasteiger partial charge in [0.1, 0.15) is 5.69 Å². The minimum Gasteiger partial charge on any atom is -0.384 e. The molecule has 0 bridgehead atoms. The van der Waals surface area contributed by atoms with E-state index < -0.39 is 17.9 Å². The van der Waals surface area contributed by atoms with Gasteiger partial charge in [0.2, 0.25) is 5.91 Å². The number of amides is 3. The van der Waals surface area contributed by atoms with Crippen molar-refractivity contribution < 1.29 is 27.5 Å². The summed E-state index contributed by atoms with van der Waals surface area (Å²) in [4.78, 5) is 31.9. The molecule has 0 aromatic carbocycles. The predicted octanol–water partition coefficient (Wildman–Crippen LogP) is 2.73. The van der Waals surface area contributed by atoms with Gasteiger partial charge in [-0.05, 0) is 19.1 Å². The van der Waals surface area contributed by atoms with E-state index in [1.165, 1.54) is 11.0 Å². The quantitative estimate of drug-likeness (QED) is 0.770. The number of nitrogens with one attached hydrogen (secondary N) is 1. The standard InChI is InChI=1S/C20H23F3N6O3/c1-12-8-29-16(15(7-25-29)28-9-13(11-32-2)5-18(28)30)10-27(12)19(31)26-14-3-4-24-17(6-14)20(21,22)23/h3-4,6-7,12-13H,5,8-11H2,1-2H3,(H,24,26,31). The Balaban J connectivity index is 1.52. The number of carbonyl (C=O) groups excluding carboxylic acids is 2. The molecule has 2 aliphatic rings. The first-order valence-corrected chi connectivity index (χ1v) is 10.1. The summed E-state index contributed by atoms with van der Waals surface area (Å²) in [6.45, 7) is 3.37. The molecule has 2 aromatic rings. The summed E-state index contributed by atoms with van der Waals surface area (Å²) in [6.07, 6.45) is -1.61. The molecule has 4 rings (SSSR count). The van der Waals surface area contributed by atoms with Gasteiger partial charge in [-0.15, -0.1) is 0 Å². The molecule has 4 heterocycles. The Morgan fingerprint density at radius 2 is 2.12 bits per heavy atom. The Labute approximate surface area is 182 Å². The lowest BCUT2D eigenvalue weighted by Crippen LogP contribution is -2.47. The normalized spacial score (nSPS) is 21.1. The average molecular weight is 452 g/mol. The number of fused-ring (bicyclic) bond motifs is 1. The molecule has 2 atom stereocenters. The first kappa shape index (κ1) is 22.1. The minimum absolute atomic E-state index is 0.000887. The highest BCUT2D eigenvalue weighted by molar-refractivity contribution is 5.96. The second-order valence-electron chi connectivity index (χ2n) is 8.02. The molecule has 3 amide bonds. The van der Waals surface area contributed by atoms with Gasteiger partial charge in [-0.3, -0.25) is 14.5 Å². The van der Waals surface area contributed by atoms with Gasteiger partial charge in [0.05, 0.1) is 43.3 Å². The maximum absolute atomic E-state index is 12.9. The highest BCUT2D eigenvalue weighted by atomic mass is 19.4. The summed E-state index contributed by atoms with van der Waals surface area (Å²) in [5.41, 5.74) is 0.262. The van der Waals surface area contributed by atoms with Crippen molar-refractivity contribution in [3.63, 3.8) is 0 Å². The van der Waals surface area contributed by atoms with Crippen LogP contribution < -0.4 is 10.2 Å². The molecule has 32 heavy (non-hydrogen) atoms. The van der Waals surface area contributed by atoms with Crippen molar-refractivity contribution in [2.45, 2.75) is 38.7 Å². The van der Waals surface area contributed by atoms with Crippen LogP contribution >= 0.6 is 0 Å². The number of urea groups is 1. The topological polar surface area (TPSA) is 92.6 Å². The Morgan fingerprint density at radius 3 is 2.84 bits per heavy atom. The highest BCUT2D eigenvalue weighted by Crippen LogP contribution is 2.32. The summed E-state index contributed by atoms with van der Waals surface area (Å²) in [6, 6.07) is 1.30. The molecule has 0 aliphatic carbocycles. The first-order chi connectivity index (χ1) is 15.2. The minimum atomic E-state index is -4.61. The van der Waals surface area contributed by atoms with Crippen LogP contribution in [0.4, 0.5) is 29.3 Å². The molecular weight excluding hydrogens is 429 g/mol. The number of rotatable bonds is 4. The lowest BCUT2D eigenvalue weighted by Gasteiger charge is -2.35. The Bertz CT molecular complexity index is 1020. The smallest absolute Gasteiger partial charge is 0.384 e. The summed E-state index contributed by atoms with van der Waals surface area (Å²) < 4.78 is 45.7. The lowest BCUT2D eigenvalue weighted by molar-refractivity contribution is -0.141. The van der Waals surface area contributed by atoms with E-state index in [4.69, 9.17) is 4.74 Å². The van der Waals surface area contributed by atoms with E-state index in [9.17, 15) is 22.8 Å². The third kappa shape index (κ3) is 4.27. The van der Waals surface area contributed by atoms with Crippen LogP contribution in [-0.4, -0.2) is 57.9 Å². The number of anilines is 2. The van der Waals surface area contributed by atoms with Crippen molar-refractivity contribution in [2.75, 3.05) is 30.5 Å². The molecule has 2 unspecified atom stereocenters. The number of alkyl halides is 3. The Morgan fingerprint density at radius 1 is 1.34 bits per heavy atom. The van der Waals surface area contributed by atoms with Crippen LogP contribution in [0.2, 0.25) is 0 Å². The van der Waals surface area contributed by atoms with Crippen LogP contribution in [0.15, 0.2) is 24.5 Å². The molecule has 0 saturated carbocycles. The fourth-order valence-electron chi connectivity index (χ4n) is 4.10. The largest absolute Gasteiger partial charge is 0.433 e. The van der Waals surface area contributed by atoms with Gasteiger partial charge in [0.25, 0.3) is 0 Å². The van der Waals surface area contributed by atoms with Gasteiger partial charge in [0.15, 0.2) is 0 Å². The molecule has 2 aliphatic heterocycles. The molecule has 12 heteroatoms. The monoisotopic (exact) mass is 452 g/mol. The second-order valence-corrected chi connectivity index (χ2v) is 8.02. The number of halogens is 3. The van der Waals surface area contributed by atoms with E-state index in [2.05, 4.69) is 15.4 Å². The molecule has 1 fully saturated rings. The maximum atomic E-state index is 12.9. The number of aromatic nitrogens is 3. The van der Waals surface area contributed by atoms with Gasteiger partial charge >= 0.3 is 12.2 Å². The zero-order chi connectivity index (χ0) is 23.0. The first-order valence-electron chi connectivity index (χ1n) is 10.1. The predicted molar refractivity (Wildman–Crippen MR) is 108 cm³/mol. The van der Waals surface area contributed by atoms with Crippen LogP contribution in [-0.2, 0) is 28.8 Å². The van der Waals surface area contributed by atoms with Crippen LogP contribution in [0.25, 0.3) is 0 Å². The van der Waals surface area contributed by atoms with Crippen molar-refractivity contribution in [1.82, 2.24) is 19.7 Å². The molecule has 9 nitrogen and oxygen atoms in total. The zero-order valence-corrected chi connectivity index (χ0v) is 17.6. The summed E-state index contributed by atoms with van der Waals surface area (Å²) >= 11 is 0. The number of hydrogen-bond donors (Lipinski definition) is 1. The highest BCUT2D eigenvalue weighted by Gasteiger charge is 2.37. The summed E-state index contributed by atoms with van der Waals surface area (Å²) in [5.74, 6) is 0.0495. The number of methoxy groups -OCH3 is 1. The summed E-state index contributed by atoms with van der Waals surface area (Å²) in [5, 5.41) is 6.89. The fraction of sp³-hybridized carbons (Fsp3) is 0.500. The lowest BCUT2D eigenvalue weighted by atomic mass is 10.1. The van der Waals surface area contributed by atoms with Gasteiger partial charge in [-0.25, -0.2) is 4.79 Å². The van der Waals surface area contributed by atoms with Crippen molar-refractivity contribution in [2.24, 2.45) is 5.92 Å². The van der Waals surface area contributed by atoms with Crippen LogP contribution in [0.1, 0.15) is 24.7 Å². The molecule has 0 spiro atoms. The van der Waals surface area contributed by atoms with Gasteiger partial charge in [0, 0.05) is 37.9 Å².